The first-order valence-electron chi connectivity index (χ1n) is 4.00. The van der Waals surface area contributed by atoms with Crippen LogP contribution in [0.1, 0.15) is 36.5 Å². The zero-order valence-electron chi connectivity index (χ0n) is 6.76. The van der Waals surface area contributed by atoms with Gasteiger partial charge in [-0.25, -0.2) is 0 Å². The van der Waals surface area contributed by atoms with Gasteiger partial charge in [-0.1, -0.05) is 13.3 Å². The van der Waals surface area contributed by atoms with Gasteiger partial charge in [-0.15, -0.1) is 0 Å². The lowest BCUT2D eigenvalue weighted by molar-refractivity contribution is 0.0980. The van der Waals surface area contributed by atoms with Crippen LogP contribution in [-0.2, 0) is 0 Å². The number of H-pyrrole nitrogens is 1. The molecule has 0 aliphatic heterocycles. The third-order valence-electron chi connectivity index (χ3n) is 1.68. The molecule has 0 spiro atoms. The summed E-state index contributed by atoms with van der Waals surface area (Å²) in [6.45, 7) is 2.09. The average Bonchev–Trinajstić information content (AvgIpc) is 2.52. The summed E-state index contributed by atoms with van der Waals surface area (Å²) in [4.78, 5) is 14.1. The van der Waals surface area contributed by atoms with Crippen LogP contribution in [0.4, 0.5) is 0 Å². The normalized spacial score (nSPS) is 9.91. The maximum absolute atomic E-state index is 11.2. The number of carbonyl (C=O) groups excluding carboxylic acids is 1. The van der Waals surface area contributed by atoms with Crippen molar-refractivity contribution in [1.29, 1.82) is 0 Å². The molecule has 11 heavy (non-hydrogen) atoms. The lowest BCUT2D eigenvalue weighted by atomic mass is 10.1. The molecule has 0 atom stereocenters. The minimum atomic E-state index is 0.244. The van der Waals surface area contributed by atoms with Gasteiger partial charge in [0.15, 0.2) is 5.78 Å². The van der Waals surface area contributed by atoms with Gasteiger partial charge in [0.25, 0.3) is 0 Å². The highest BCUT2D eigenvalue weighted by molar-refractivity contribution is 5.95. The van der Waals surface area contributed by atoms with Crippen molar-refractivity contribution < 1.29 is 4.79 Å². The summed E-state index contributed by atoms with van der Waals surface area (Å²) in [5.74, 6) is 0.244. The van der Waals surface area contributed by atoms with Crippen LogP contribution in [-0.4, -0.2) is 10.8 Å². The Morgan fingerprint density at radius 2 is 2.45 bits per heavy atom. The second-order valence-corrected chi connectivity index (χ2v) is 2.63. The Labute approximate surface area is 66.6 Å². The molecule has 0 fully saturated rings. The lowest BCUT2D eigenvalue weighted by Gasteiger charge is -1.93. The van der Waals surface area contributed by atoms with E-state index in [0.717, 1.165) is 18.4 Å². The molecule has 0 aliphatic carbocycles. The van der Waals surface area contributed by atoms with Gasteiger partial charge in [0.05, 0.1) is 0 Å². The van der Waals surface area contributed by atoms with Crippen LogP contribution in [0.15, 0.2) is 18.5 Å². The van der Waals surface area contributed by atoms with Crippen molar-refractivity contribution in [2.24, 2.45) is 0 Å². The van der Waals surface area contributed by atoms with Gasteiger partial charge in [-0.2, -0.15) is 0 Å². The molecule has 0 saturated heterocycles. The Hall–Kier alpha value is -1.05. The molecule has 0 radical (unpaired) electrons. The molecule has 1 N–H and O–H groups in total. The topological polar surface area (TPSA) is 32.9 Å². The van der Waals surface area contributed by atoms with Gasteiger partial charge in [0, 0.05) is 24.4 Å². The zero-order chi connectivity index (χ0) is 8.10. The number of aromatic nitrogens is 1. The van der Waals surface area contributed by atoms with Crippen molar-refractivity contribution in [2.75, 3.05) is 0 Å². The van der Waals surface area contributed by atoms with Crippen LogP contribution < -0.4 is 0 Å². The van der Waals surface area contributed by atoms with Crippen molar-refractivity contribution >= 4 is 5.78 Å². The summed E-state index contributed by atoms with van der Waals surface area (Å²) < 4.78 is 0. The smallest absolute Gasteiger partial charge is 0.164 e. The summed E-state index contributed by atoms with van der Waals surface area (Å²) in [5, 5.41) is 0. The van der Waals surface area contributed by atoms with Crippen LogP contribution in [0.5, 0.6) is 0 Å². The third-order valence-corrected chi connectivity index (χ3v) is 1.68. The van der Waals surface area contributed by atoms with Crippen molar-refractivity contribution in [1.82, 2.24) is 4.98 Å². The number of nitrogens with one attached hydrogen (secondary N) is 1. The summed E-state index contributed by atoms with van der Waals surface area (Å²) in [6, 6.07) is 1.82. The minimum Gasteiger partial charge on any atom is -0.367 e. The van der Waals surface area contributed by atoms with Crippen LogP contribution in [0.3, 0.4) is 0 Å². The fourth-order valence-corrected chi connectivity index (χ4v) is 0.979. The predicted octanol–water partition coefficient (Wildman–Crippen LogP) is 2.39. The minimum absolute atomic E-state index is 0.244. The van der Waals surface area contributed by atoms with Crippen LogP contribution in [0.25, 0.3) is 0 Å². The Morgan fingerprint density at radius 3 is 3.00 bits per heavy atom. The molecular weight excluding hydrogens is 138 g/mol. The summed E-state index contributed by atoms with van der Waals surface area (Å²) >= 11 is 0. The van der Waals surface area contributed by atoms with Crippen molar-refractivity contribution in [3.8, 4) is 0 Å². The molecule has 2 heteroatoms. The van der Waals surface area contributed by atoms with E-state index < -0.39 is 0 Å². The molecule has 1 rings (SSSR count). The van der Waals surface area contributed by atoms with Gasteiger partial charge in [0.1, 0.15) is 0 Å². The number of carbonyl (C=O) groups is 1. The quantitative estimate of drug-likeness (QED) is 0.658. The molecule has 0 saturated carbocycles. The van der Waals surface area contributed by atoms with Crippen LogP contribution in [0.2, 0.25) is 0 Å². The second-order valence-electron chi connectivity index (χ2n) is 2.63. The van der Waals surface area contributed by atoms with E-state index in [1.807, 2.05) is 6.07 Å². The van der Waals surface area contributed by atoms with E-state index >= 15 is 0 Å². The van der Waals surface area contributed by atoms with Crippen molar-refractivity contribution in [3.63, 3.8) is 0 Å². The molecule has 0 amide bonds. The SMILES string of the molecule is CCCCC(=O)c1cc[nH]c1. The van der Waals surface area contributed by atoms with Gasteiger partial charge < -0.3 is 4.98 Å². The van der Waals surface area contributed by atoms with E-state index in [-0.39, 0.29) is 5.78 Å². The summed E-state index contributed by atoms with van der Waals surface area (Å²) in [6.07, 6.45) is 6.27. The standard InChI is InChI=1S/C9H13NO/c1-2-3-4-9(11)8-5-6-10-7-8/h5-7,10H,2-4H2,1H3. The number of rotatable bonds is 4. The first-order chi connectivity index (χ1) is 5.34. The number of hydrogen-bond donors (Lipinski definition) is 1. The molecule has 1 aromatic heterocycles. The molecule has 2 nitrogen and oxygen atoms in total. The highest BCUT2D eigenvalue weighted by Crippen LogP contribution is 2.04. The fourth-order valence-electron chi connectivity index (χ4n) is 0.979. The molecule has 1 aromatic rings. The van der Waals surface area contributed by atoms with E-state index in [0.29, 0.717) is 6.42 Å². The number of aromatic amines is 1. The lowest BCUT2D eigenvalue weighted by Crippen LogP contribution is -1.95. The third kappa shape index (κ3) is 2.22. The zero-order valence-corrected chi connectivity index (χ0v) is 6.76. The largest absolute Gasteiger partial charge is 0.367 e. The number of Topliss-reactive ketones (excluding diaryl/α,β-unsaturated/α-hetero) is 1. The monoisotopic (exact) mass is 151 g/mol. The van der Waals surface area contributed by atoms with E-state index in [4.69, 9.17) is 0 Å². The van der Waals surface area contributed by atoms with Crippen molar-refractivity contribution in [2.45, 2.75) is 26.2 Å². The highest BCUT2D eigenvalue weighted by Gasteiger charge is 2.03. The maximum Gasteiger partial charge on any atom is 0.164 e. The van der Waals surface area contributed by atoms with Crippen LogP contribution >= 0.6 is 0 Å². The molecule has 0 aromatic carbocycles. The molecule has 1 heterocycles. The molecule has 60 valence electrons. The van der Waals surface area contributed by atoms with Crippen LogP contribution in [0, 0.1) is 0 Å². The molecule has 0 bridgehead atoms. The Kier molecular flexibility index (Phi) is 2.90. The Morgan fingerprint density at radius 1 is 1.64 bits per heavy atom. The van der Waals surface area contributed by atoms with E-state index in [1.54, 1.807) is 12.4 Å². The first kappa shape index (κ1) is 8.05. The summed E-state index contributed by atoms with van der Waals surface area (Å²) in [5.41, 5.74) is 0.804. The molecule has 0 unspecified atom stereocenters. The number of ketones is 1. The van der Waals surface area contributed by atoms with Gasteiger partial charge >= 0.3 is 0 Å². The fraction of sp³-hybridized carbons (Fsp3) is 0.444. The van der Waals surface area contributed by atoms with E-state index in [9.17, 15) is 4.79 Å². The molecular formula is C9H13NO. The molecule has 0 aliphatic rings. The van der Waals surface area contributed by atoms with E-state index in [1.165, 1.54) is 0 Å². The predicted molar refractivity (Wildman–Crippen MR) is 44.6 cm³/mol. The first-order valence-corrected chi connectivity index (χ1v) is 4.00. The Balaban J connectivity index is 2.43. The van der Waals surface area contributed by atoms with E-state index in [2.05, 4.69) is 11.9 Å². The highest BCUT2D eigenvalue weighted by atomic mass is 16.1. The average molecular weight is 151 g/mol. The summed E-state index contributed by atoms with van der Waals surface area (Å²) in [7, 11) is 0. The number of hydrogen-bond acceptors (Lipinski definition) is 1. The van der Waals surface area contributed by atoms with Gasteiger partial charge in [0.2, 0.25) is 0 Å². The van der Waals surface area contributed by atoms with Gasteiger partial charge in [-0.05, 0) is 12.5 Å². The van der Waals surface area contributed by atoms with Gasteiger partial charge in [-0.3, -0.25) is 4.79 Å². The Bertz CT molecular complexity index is 213. The van der Waals surface area contributed by atoms with Crippen molar-refractivity contribution in [3.05, 3.63) is 24.0 Å². The number of unbranched alkanes of at least 4 members (excludes halogenated alkanes) is 1. The maximum atomic E-state index is 11.2. The second kappa shape index (κ2) is 3.96.